The highest BCUT2D eigenvalue weighted by atomic mass is 16.5. The van der Waals surface area contributed by atoms with E-state index >= 15 is 0 Å². The van der Waals surface area contributed by atoms with E-state index in [1.165, 1.54) is 0 Å². The van der Waals surface area contributed by atoms with Crippen molar-refractivity contribution in [1.82, 2.24) is 10.1 Å². The van der Waals surface area contributed by atoms with Gasteiger partial charge in [0, 0.05) is 18.0 Å². The first-order chi connectivity index (χ1) is 5.27. The zero-order valence-corrected chi connectivity index (χ0v) is 6.46. The van der Waals surface area contributed by atoms with E-state index in [0.29, 0.717) is 0 Å². The van der Waals surface area contributed by atoms with Crippen molar-refractivity contribution in [3.05, 3.63) is 23.7 Å². The van der Waals surface area contributed by atoms with Crippen molar-refractivity contribution in [1.29, 1.82) is 0 Å². The van der Waals surface area contributed by atoms with Crippen molar-refractivity contribution >= 4 is 11.0 Å². The Morgan fingerprint density at radius 2 is 2.18 bits per heavy atom. The third-order valence-electron chi connectivity index (χ3n) is 1.67. The van der Waals surface area contributed by atoms with Gasteiger partial charge in [0.15, 0.2) is 5.58 Å². The molecule has 2 heterocycles. The molecule has 2 aromatic rings. The first-order valence-corrected chi connectivity index (χ1v) is 3.46. The summed E-state index contributed by atoms with van der Waals surface area (Å²) in [7, 11) is 0. The van der Waals surface area contributed by atoms with E-state index in [0.717, 1.165) is 22.4 Å². The van der Waals surface area contributed by atoms with Crippen LogP contribution in [0.15, 0.2) is 16.8 Å². The van der Waals surface area contributed by atoms with Gasteiger partial charge in [0.1, 0.15) is 0 Å². The molecular formula is C8H8N2O. The Bertz CT molecular complexity index is 392. The molecule has 0 radical (unpaired) electrons. The molecule has 0 aliphatic rings. The Morgan fingerprint density at radius 3 is 3.00 bits per heavy atom. The Morgan fingerprint density at radius 1 is 1.36 bits per heavy atom. The molecular weight excluding hydrogens is 140 g/mol. The molecule has 0 amide bonds. The number of pyridine rings is 1. The molecule has 0 N–H and O–H groups in total. The van der Waals surface area contributed by atoms with Crippen molar-refractivity contribution in [3.63, 3.8) is 0 Å². The minimum atomic E-state index is 0.815. The normalized spacial score (nSPS) is 10.7. The van der Waals surface area contributed by atoms with Gasteiger partial charge in [-0.3, -0.25) is 4.98 Å². The lowest BCUT2D eigenvalue weighted by atomic mass is 10.2. The molecule has 2 aromatic heterocycles. The number of aryl methyl sites for hydroxylation is 2. The van der Waals surface area contributed by atoms with Gasteiger partial charge in [-0.15, -0.1) is 0 Å². The standard InChI is InChI=1S/C8H8N2O/c1-5-3-8-7(4-9-5)6(2)10-11-8/h3-4H,1-2H3. The molecule has 0 unspecified atom stereocenters. The van der Waals surface area contributed by atoms with Crippen molar-refractivity contribution < 1.29 is 4.52 Å². The second-order valence-corrected chi connectivity index (χ2v) is 2.59. The summed E-state index contributed by atoms with van der Waals surface area (Å²) in [5.41, 5.74) is 2.66. The van der Waals surface area contributed by atoms with Gasteiger partial charge in [0.2, 0.25) is 0 Å². The lowest BCUT2D eigenvalue weighted by Crippen LogP contribution is -1.78. The summed E-state index contributed by atoms with van der Waals surface area (Å²) in [6.45, 7) is 3.83. The molecule has 0 fully saturated rings. The van der Waals surface area contributed by atoms with Crippen LogP contribution >= 0.6 is 0 Å². The van der Waals surface area contributed by atoms with Gasteiger partial charge in [-0.1, -0.05) is 5.16 Å². The minimum absolute atomic E-state index is 0.815. The molecule has 0 saturated carbocycles. The van der Waals surface area contributed by atoms with Crippen LogP contribution in [0.5, 0.6) is 0 Å². The summed E-state index contributed by atoms with van der Waals surface area (Å²) in [5, 5.41) is 4.82. The second-order valence-electron chi connectivity index (χ2n) is 2.59. The van der Waals surface area contributed by atoms with Crippen molar-refractivity contribution in [3.8, 4) is 0 Å². The fraction of sp³-hybridized carbons (Fsp3) is 0.250. The summed E-state index contributed by atoms with van der Waals surface area (Å²) in [5.74, 6) is 0. The van der Waals surface area contributed by atoms with E-state index in [1.54, 1.807) is 6.20 Å². The van der Waals surface area contributed by atoms with Crippen LogP contribution in [0.25, 0.3) is 11.0 Å². The molecule has 0 aliphatic heterocycles. The molecule has 2 rings (SSSR count). The van der Waals surface area contributed by atoms with Crippen LogP contribution in [0.4, 0.5) is 0 Å². The van der Waals surface area contributed by atoms with E-state index in [-0.39, 0.29) is 0 Å². The van der Waals surface area contributed by atoms with Gasteiger partial charge in [0.25, 0.3) is 0 Å². The van der Waals surface area contributed by atoms with Crippen molar-refractivity contribution in [2.75, 3.05) is 0 Å². The Kier molecular flexibility index (Phi) is 1.18. The molecule has 0 aliphatic carbocycles. The Labute approximate surface area is 64.0 Å². The van der Waals surface area contributed by atoms with Crippen LogP contribution in [-0.2, 0) is 0 Å². The van der Waals surface area contributed by atoms with Crippen LogP contribution in [0, 0.1) is 13.8 Å². The van der Waals surface area contributed by atoms with E-state index in [4.69, 9.17) is 4.52 Å². The summed E-state index contributed by atoms with van der Waals surface area (Å²) >= 11 is 0. The third kappa shape index (κ3) is 0.888. The highest BCUT2D eigenvalue weighted by molar-refractivity contribution is 5.78. The van der Waals surface area contributed by atoms with E-state index in [9.17, 15) is 0 Å². The minimum Gasteiger partial charge on any atom is -0.356 e. The van der Waals surface area contributed by atoms with Gasteiger partial charge in [-0.25, -0.2) is 0 Å². The molecule has 0 aromatic carbocycles. The second kappa shape index (κ2) is 2.05. The highest BCUT2D eigenvalue weighted by Crippen LogP contribution is 2.16. The number of aromatic nitrogens is 2. The summed E-state index contributed by atoms with van der Waals surface area (Å²) in [6.07, 6.45) is 1.79. The van der Waals surface area contributed by atoms with Crippen molar-refractivity contribution in [2.45, 2.75) is 13.8 Å². The number of nitrogens with zero attached hydrogens (tertiary/aromatic N) is 2. The van der Waals surface area contributed by atoms with Crippen LogP contribution in [0.2, 0.25) is 0 Å². The highest BCUT2D eigenvalue weighted by Gasteiger charge is 2.02. The van der Waals surface area contributed by atoms with Gasteiger partial charge >= 0.3 is 0 Å². The van der Waals surface area contributed by atoms with Crippen molar-refractivity contribution in [2.24, 2.45) is 0 Å². The average Bonchev–Trinajstić information content (AvgIpc) is 2.32. The quantitative estimate of drug-likeness (QED) is 0.572. The zero-order valence-electron chi connectivity index (χ0n) is 6.46. The number of rotatable bonds is 0. The topological polar surface area (TPSA) is 38.9 Å². The number of hydrogen-bond donors (Lipinski definition) is 0. The zero-order chi connectivity index (χ0) is 7.84. The number of fused-ring (bicyclic) bond motifs is 1. The predicted molar refractivity (Wildman–Crippen MR) is 41.3 cm³/mol. The summed E-state index contributed by atoms with van der Waals surface area (Å²) in [4.78, 5) is 4.14. The molecule has 3 heteroatoms. The van der Waals surface area contributed by atoms with Crippen LogP contribution < -0.4 is 0 Å². The predicted octanol–water partition coefficient (Wildman–Crippen LogP) is 1.84. The first-order valence-electron chi connectivity index (χ1n) is 3.46. The Hall–Kier alpha value is -1.38. The molecule has 56 valence electrons. The molecule has 0 bridgehead atoms. The maximum atomic E-state index is 5.04. The summed E-state index contributed by atoms with van der Waals surface area (Å²) in [6, 6.07) is 1.88. The van der Waals surface area contributed by atoms with Gasteiger partial charge in [-0.05, 0) is 13.8 Å². The van der Waals surface area contributed by atoms with Gasteiger partial charge < -0.3 is 4.52 Å². The van der Waals surface area contributed by atoms with E-state index in [1.807, 2.05) is 19.9 Å². The molecule has 0 saturated heterocycles. The number of hydrogen-bond acceptors (Lipinski definition) is 3. The van der Waals surface area contributed by atoms with Crippen LogP contribution in [-0.4, -0.2) is 10.1 Å². The smallest absolute Gasteiger partial charge is 0.170 e. The fourth-order valence-electron chi connectivity index (χ4n) is 1.05. The monoisotopic (exact) mass is 148 g/mol. The lowest BCUT2D eigenvalue weighted by Gasteiger charge is -1.88. The maximum absolute atomic E-state index is 5.04. The molecule has 0 spiro atoms. The lowest BCUT2D eigenvalue weighted by molar-refractivity contribution is 0.450. The van der Waals surface area contributed by atoms with Gasteiger partial charge in [0.05, 0.1) is 11.1 Å². The first kappa shape index (κ1) is 6.34. The van der Waals surface area contributed by atoms with Gasteiger partial charge in [-0.2, -0.15) is 0 Å². The average molecular weight is 148 g/mol. The largest absolute Gasteiger partial charge is 0.356 e. The Balaban J connectivity index is 2.86. The molecule has 3 nitrogen and oxygen atoms in total. The van der Waals surface area contributed by atoms with Crippen LogP contribution in [0.1, 0.15) is 11.4 Å². The molecule has 11 heavy (non-hydrogen) atoms. The fourth-order valence-corrected chi connectivity index (χ4v) is 1.05. The molecule has 0 atom stereocenters. The van der Waals surface area contributed by atoms with Crippen LogP contribution in [0.3, 0.4) is 0 Å². The maximum Gasteiger partial charge on any atom is 0.170 e. The van der Waals surface area contributed by atoms with E-state index in [2.05, 4.69) is 10.1 Å². The SMILES string of the molecule is Cc1cc2onc(C)c2cn1. The summed E-state index contributed by atoms with van der Waals surface area (Å²) < 4.78 is 5.04. The van der Waals surface area contributed by atoms with E-state index < -0.39 is 0 Å². The third-order valence-corrected chi connectivity index (χ3v) is 1.67.